The predicted molar refractivity (Wildman–Crippen MR) is 199 cm³/mol. The molecular weight excluding hydrogens is 675 g/mol. The molecule has 1 aliphatic heterocycles. The van der Waals surface area contributed by atoms with Gasteiger partial charge in [-0.15, -0.1) is 0 Å². The fourth-order valence-electron chi connectivity index (χ4n) is 6.72. The molecule has 7 atom stereocenters. The minimum absolute atomic E-state index is 0.0640. The van der Waals surface area contributed by atoms with Gasteiger partial charge in [0.05, 0.1) is 12.1 Å². The van der Waals surface area contributed by atoms with Gasteiger partial charge in [-0.3, -0.25) is 28.8 Å². The van der Waals surface area contributed by atoms with Gasteiger partial charge in [-0.1, -0.05) is 87.5 Å². The fraction of sp³-hybridized carbons (Fsp3) is 0.861. The van der Waals surface area contributed by atoms with Gasteiger partial charge in [-0.25, -0.2) is 9.00 Å². The summed E-state index contributed by atoms with van der Waals surface area (Å²) in [5.74, 6) is -1.60. The molecule has 5 amide bonds. The number of carbonyl (C=O) groups is 5. The van der Waals surface area contributed by atoms with Crippen LogP contribution in [0.2, 0.25) is 0 Å². The van der Waals surface area contributed by atoms with E-state index in [0.29, 0.717) is 44.8 Å². The Morgan fingerprint density at radius 1 is 1.02 bits per heavy atom. The maximum absolute atomic E-state index is 14.4. The molecule has 2 fully saturated rings. The molecule has 1 saturated carbocycles. The number of carbonyl (C=O) groups excluding carboxylic acids is 5. The standard InChI is InChI=1S/C36H67N7O7S/c1-22(2)25-19-27(32(47)39-26(29(45)31(37)46)16-12-15-24-13-11-14-24)42(21-25)33(48)30(36(7,8)9)41-34(49)40-28(35(4,5)6)20-38-17-18-43(23(3)44)51(10)50/h22,24-28,30,32,38-39,47H,11-21H2,1-10H3,(H2,37,46)(H2,40,41,49)/t25-,26?,27+,28-,30-,32?,51?/m1/s1. The number of hydrogen-bond donors (Lipinski definition) is 6. The normalized spacial score (nSPS) is 21.3. The highest BCUT2D eigenvalue weighted by Gasteiger charge is 2.46. The number of nitrogens with one attached hydrogen (secondary N) is 4. The summed E-state index contributed by atoms with van der Waals surface area (Å²) in [6, 6.07) is -3.52. The van der Waals surface area contributed by atoms with Crippen LogP contribution in [0.4, 0.5) is 4.79 Å². The van der Waals surface area contributed by atoms with Crippen LogP contribution < -0.4 is 27.0 Å². The molecule has 3 unspecified atom stereocenters. The minimum Gasteiger partial charge on any atom is -0.376 e. The molecule has 0 bridgehead atoms. The summed E-state index contributed by atoms with van der Waals surface area (Å²) in [5.41, 5.74) is 4.30. The Morgan fingerprint density at radius 2 is 1.65 bits per heavy atom. The van der Waals surface area contributed by atoms with Gasteiger partial charge in [0.1, 0.15) is 23.3 Å². The van der Waals surface area contributed by atoms with E-state index >= 15 is 0 Å². The minimum atomic E-state index is -1.44. The Balaban J connectivity index is 2.21. The van der Waals surface area contributed by atoms with Crippen molar-refractivity contribution in [3.63, 3.8) is 0 Å². The molecule has 0 radical (unpaired) electrons. The number of urea groups is 1. The average molecular weight is 742 g/mol. The summed E-state index contributed by atoms with van der Waals surface area (Å²) in [4.78, 5) is 66.1. The number of likely N-dealkylation sites (tertiary alicyclic amines) is 1. The van der Waals surface area contributed by atoms with E-state index in [2.05, 4.69) is 35.1 Å². The van der Waals surface area contributed by atoms with Crippen molar-refractivity contribution in [2.45, 2.75) is 138 Å². The molecule has 1 heterocycles. The summed E-state index contributed by atoms with van der Waals surface area (Å²) in [6.45, 7) is 18.3. The third-order valence-electron chi connectivity index (χ3n) is 10.5. The lowest BCUT2D eigenvalue weighted by molar-refractivity contribution is -0.141. The second-order valence-corrected chi connectivity index (χ2v) is 18.3. The van der Waals surface area contributed by atoms with Crippen molar-refractivity contribution in [1.82, 2.24) is 30.5 Å². The molecule has 14 nitrogen and oxygen atoms in total. The molecule has 0 aromatic rings. The van der Waals surface area contributed by atoms with E-state index in [1.54, 1.807) is 4.90 Å². The number of amides is 5. The van der Waals surface area contributed by atoms with Crippen LogP contribution in [0.15, 0.2) is 0 Å². The third-order valence-corrected chi connectivity index (χ3v) is 11.5. The highest BCUT2D eigenvalue weighted by molar-refractivity contribution is 7.82. The predicted octanol–water partition coefficient (Wildman–Crippen LogP) is 2.02. The van der Waals surface area contributed by atoms with Crippen LogP contribution in [-0.2, 0) is 30.2 Å². The third kappa shape index (κ3) is 13.7. The van der Waals surface area contributed by atoms with Crippen molar-refractivity contribution in [2.24, 2.45) is 34.3 Å². The Morgan fingerprint density at radius 3 is 2.12 bits per heavy atom. The van der Waals surface area contributed by atoms with Crippen LogP contribution in [-0.4, -0.2) is 111 Å². The quantitative estimate of drug-likeness (QED) is 0.0651. The lowest BCUT2D eigenvalue weighted by atomic mass is 9.81. The van der Waals surface area contributed by atoms with E-state index < -0.39 is 58.5 Å². The number of aliphatic hydroxyl groups excluding tert-OH is 1. The zero-order chi connectivity index (χ0) is 38.8. The number of hydrogen-bond acceptors (Lipinski definition) is 9. The summed E-state index contributed by atoms with van der Waals surface area (Å²) in [6.07, 6.45) is 6.17. The van der Waals surface area contributed by atoms with Crippen molar-refractivity contribution < 1.29 is 33.3 Å². The largest absolute Gasteiger partial charge is 0.376 e. The van der Waals surface area contributed by atoms with E-state index in [9.17, 15) is 33.3 Å². The van der Waals surface area contributed by atoms with Crippen LogP contribution in [0.5, 0.6) is 0 Å². The van der Waals surface area contributed by atoms with Crippen molar-refractivity contribution in [3.8, 4) is 0 Å². The van der Waals surface area contributed by atoms with Gasteiger partial charge in [0.15, 0.2) is 0 Å². The van der Waals surface area contributed by atoms with Crippen LogP contribution in [0.3, 0.4) is 0 Å². The summed E-state index contributed by atoms with van der Waals surface area (Å²) in [5, 5.41) is 23.7. The van der Waals surface area contributed by atoms with Gasteiger partial charge in [-0.2, -0.15) is 0 Å². The number of nitrogens with zero attached hydrogens (tertiary/aromatic N) is 2. The van der Waals surface area contributed by atoms with Crippen LogP contribution in [0.1, 0.15) is 107 Å². The molecule has 1 saturated heterocycles. The summed E-state index contributed by atoms with van der Waals surface area (Å²) < 4.78 is 13.1. The van der Waals surface area contributed by atoms with Gasteiger partial charge >= 0.3 is 6.03 Å². The molecule has 0 aromatic heterocycles. The first-order valence-corrected chi connectivity index (χ1v) is 20.0. The van der Waals surface area contributed by atoms with Crippen LogP contribution in [0, 0.1) is 28.6 Å². The maximum atomic E-state index is 14.4. The summed E-state index contributed by atoms with van der Waals surface area (Å²) >= 11 is 0. The van der Waals surface area contributed by atoms with E-state index in [1.807, 2.05) is 41.5 Å². The Hall–Kier alpha value is -2.62. The highest BCUT2D eigenvalue weighted by Crippen LogP contribution is 2.34. The molecular formula is C36H67N7O7S. The highest BCUT2D eigenvalue weighted by atomic mass is 32.2. The zero-order valence-electron chi connectivity index (χ0n) is 32.7. The average Bonchev–Trinajstić information content (AvgIpc) is 3.44. The second-order valence-electron chi connectivity index (χ2n) is 17.0. The topological polar surface area (TPSA) is 203 Å². The number of aliphatic hydroxyl groups is 1. The lowest BCUT2D eigenvalue weighted by Gasteiger charge is -2.38. The first-order valence-electron chi connectivity index (χ1n) is 18.5. The van der Waals surface area contributed by atoms with Gasteiger partial charge < -0.3 is 31.7 Å². The number of Topliss-reactive ketones (excluding diaryl/α,β-unsaturated/α-hetero) is 1. The lowest BCUT2D eigenvalue weighted by Crippen LogP contribution is -2.62. The molecule has 0 aromatic carbocycles. The van der Waals surface area contributed by atoms with Crippen LogP contribution in [0.25, 0.3) is 0 Å². The Bertz CT molecular complexity index is 1220. The Kier molecular flexibility index (Phi) is 17.0. The first-order chi connectivity index (χ1) is 23.5. The molecule has 15 heteroatoms. The van der Waals surface area contributed by atoms with Gasteiger partial charge in [0, 0.05) is 45.4 Å². The summed E-state index contributed by atoms with van der Waals surface area (Å²) in [7, 11) is -1.44. The van der Waals surface area contributed by atoms with Crippen molar-refractivity contribution in [2.75, 3.05) is 32.4 Å². The monoisotopic (exact) mass is 741 g/mol. The molecule has 1 aliphatic carbocycles. The van der Waals surface area contributed by atoms with Gasteiger partial charge in [0.25, 0.3) is 5.91 Å². The maximum Gasteiger partial charge on any atom is 0.315 e. The molecule has 2 rings (SSSR count). The fourth-order valence-corrected chi connectivity index (χ4v) is 7.43. The van der Waals surface area contributed by atoms with E-state index in [0.717, 1.165) is 6.42 Å². The van der Waals surface area contributed by atoms with E-state index in [1.165, 1.54) is 36.7 Å². The second kappa shape index (κ2) is 19.5. The zero-order valence-corrected chi connectivity index (χ0v) is 33.5. The molecule has 51 heavy (non-hydrogen) atoms. The van der Waals surface area contributed by atoms with Gasteiger partial charge in [0.2, 0.25) is 17.6 Å². The molecule has 7 N–H and O–H groups in total. The van der Waals surface area contributed by atoms with Crippen LogP contribution >= 0.6 is 0 Å². The van der Waals surface area contributed by atoms with Crippen molar-refractivity contribution >= 4 is 40.5 Å². The van der Waals surface area contributed by atoms with Crippen molar-refractivity contribution in [1.29, 1.82) is 0 Å². The smallest absolute Gasteiger partial charge is 0.315 e. The first kappa shape index (κ1) is 44.5. The number of ketones is 1. The Labute approximate surface area is 308 Å². The van der Waals surface area contributed by atoms with Crippen molar-refractivity contribution in [3.05, 3.63) is 0 Å². The molecule has 294 valence electrons. The SMILES string of the molecule is CC(=O)N(CCNC[C@@H](NC(=O)N[C@H](C(=O)N1C[C@H](C(C)C)C[C@H]1C(O)NC(CCCC1CCC1)C(=O)C(N)=O)C(C)(C)C)C(C)(C)C)S(C)=O. The van der Waals surface area contributed by atoms with Gasteiger partial charge in [-0.05, 0) is 41.4 Å². The number of primary amides is 1. The molecule has 2 aliphatic rings. The molecule has 0 spiro atoms. The number of nitrogens with two attached hydrogens (primary N) is 1. The van der Waals surface area contributed by atoms with E-state index in [4.69, 9.17) is 5.73 Å². The number of rotatable bonds is 19. The van der Waals surface area contributed by atoms with E-state index in [-0.39, 0.29) is 41.7 Å².